The molecule has 4 rings (SSSR count). The maximum atomic E-state index is 13.2. The van der Waals surface area contributed by atoms with Crippen molar-refractivity contribution in [1.82, 2.24) is 19.2 Å². The fraction of sp³-hybridized carbons (Fsp3) is 0.667. The molecule has 1 amide bonds. The van der Waals surface area contributed by atoms with Crippen molar-refractivity contribution in [2.75, 3.05) is 32.8 Å². The third-order valence-corrected chi connectivity index (χ3v) is 8.41. The zero-order valence-electron chi connectivity index (χ0n) is 20.1. The molecule has 1 aromatic carbocycles. The average Bonchev–Trinajstić information content (AvgIpc) is 3.09. The lowest BCUT2D eigenvalue weighted by Crippen LogP contribution is -2.51. The fourth-order valence-corrected chi connectivity index (χ4v) is 6.36. The molecule has 2 aliphatic heterocycles. The molecule has 0 aliphatic carbocycles. The van der Waals surface area contributed by atoms with Gasteiger partial charge in [-0.25, -0.2) is 13.4 Å². The molecule has 0 atom stereocenters. The van der Waals surface area contributed by atoms with Gasteiger partial charge in [-0.3, -0.25) is 4.79 Å². The number of amides is 1. The van der Waals surface area contributed by atoms with E-state index in [4.69, 9.17) is 9.72 Å². The second kappa shape index (κ2) is 9.35. The smallest absolute Gasteiger partial charge is 0.243 e. The molecule has 2 aliphatic rings. The van der Waals surface area contributed by atoms with E-state index in [0.717, 1.165) is 43.9 Å². The van der Waals surface area contributed by atoms with Gasteiger partial charge in [0.25, 0.3) is 0 Å². The Morgan fingerprint density at radius 2 is 1.88 bits per heavy atom. The molecule has 2 aromatic rings. The summed E-state index contributed by atoms with van der Waals surface area (Å²) in [6.45, 7) is 12.1. The predicted octanol–water partition coefficient (Wildman–Crippen LogP) is 2.91. The van der Waals surface area contributed by atoms with Gasteiger partial charge < -0.3 is 14.6 Å². The third kappa shape index (κ3) is 5.10. The highest BCUT2D eigenvalue weighted by Crippen LogP contribution is 2.32. The van der Waals surface area contributed by atoms with E-state index >= 15 is 0 Å². The van der Waals surface area contributed by atoms with Crippen LogP contribution in [0, 0.1) is 11.8 Å². The van der Waals surface area contributed by atoms with Gasteiger partial charge in [-0.15, -0.1) is 0 Å². The molecular formula is C24H36N4O4S. The summed E-state index contributed by atoms with van der Waals surface area (Å²) in [5, 5.41) is 2.77. The Balaban J connectivity index is 1.57. The Labute approximate surface area is 196 Å². The maximum Gasteiger partial charge on any atom is 0.243 e. The van der Waals surface area contributed by atoms with Crippen LogP contribution in [0.5, 0.6) is 0 Å². The number of imidazole rings is 1. The molecule has 3 heterocycles. The lowest BCUT2D eigenvalue weighted by atomic mass is 9.94. The van der Waals surface area contributed by atoms with Crippen molar-refractivity contribution in [2.24, 2.45) is 11.8 Å². The molecule has 0 radical (unpaired) electrons. The normalized spacial score (nSPS) is 19.0. The van der Waals surface area contributed by atoms with Crippen molar-refractivity contribution in [3.05, 3.63) is 24.0 Å². The van der Waals surface area contributed by atoms with E-state index in [9.17, 15) is 13.2 Å². The first kappa shape index (κ1) is 24.2. The lowest BCUT2D eigenvalue weighted by Gasteiger charge is -2.37. The van der Waals surface area contributed by atoms with Crippen molar-refractivity contribution in [2.45, 2.75) is 63.8 Å². The minimum absolute atomic E-state index is 0.0225. The molecular weight excluding hydrogens is 440 g/mol. The zero-order chi connectivity index (χ0) is 23.8. The highest BCUT2D eigenvalue weighted by atomic mass is 32.2. The lowest BCUT2D eigenvalue weighted by molar-refractivity contribution is -0.122. The quantitative estimate of drug-likeness (QED) is 0.663. The summed E-state index contributed by atoms with van der Waals surface area (Å²) in [5.74, 6) is 1.56. The number of rotatable bonds is 7. The van der Waals surface area contributed by atoms with Crippen LogP contribution in [-0.4, -0.2) is 61.0 Å². The molecule has 182 valence electrons. The molecule has 2 saturated heterocycles. The first-order chi connectivity index (χ1) is 15.6. The Morgan fingerprint density at radius 3 is 2.52 bits per heavy atom. The number of carbonyl (C=O) groups excluding carboxylic acids is 1. The van der Waals surface area contributed by atoms with Gasteiger partial charge in [-0.1, -0.05) is 20.8 Å². The summed E-state index contributed by atoms with van der Waals surface area (Å²) in [6, 6.07) is 5.30. The van der Waals surface area contributed by atoms with Gasteiger partial charge in [0.1, 0.15) is 5.82 Å². The van der Waals surface area contributed by atoms with Crippen LogP contribution < -0.4 is 5.32 Å². The Bertz CT molecular complexity index is 1110. The molecule has 2 fully saturated rings. The highest BCUT2D eigenvalue weighted by Gasteiger charge is 2.38. The topological polar surface area (TPSA) is 93.5 Å². The van der Waals surface area contributed by atoms with Gasteiger partial charge in [-0.2, -0.15) is 4.31 Å². The monoisotopic (exact) mass is 476 g/mol. The van der Waals surface area contributed by atoms with Crippen molar-refractivity contribution in [3.8, 4) is 0 Å². The van der Waals surface area contributed by atoms with E-state index in [1.807, 2.05) is 13.0 Å². The molecule has 0 saturated carbocycles. The predicted molar refractivity (Wildman–Crippen MR) is 128 cm³/mol. The van der Waals surface area contributed by atoms with Gasteiger partial charge in [0.05, 0.1) is 15.9 Å². The van der Waals surface area contributed by atoms with Gasteiger partial charge >= 0.3 is 0 Å². The number of fused-ring (bicyclic) bond motifs is 1. The van der Waals surface area contributed by atoms with Crippen molar-refractivity contribution >= 4 is 27.0 Å². The number of nitrogens with zero attached hydrogens (tertiary/aromatic N) is 3. The Hall–Kier alpha value is -1.97. The van der Waals surface area contributed by atoms with Crippen molar-refractivity contribution < 1.29 is 17.9 Å². The van der Waals surface area contributed by atoms with Gasteiger partial charge in [0.2, 0.25) is 15.9 Å². The average molecular weight is 477 g/mol. The van der Waals surface area contributed by atoms with E-state index in [1.54, 1.807) is 12.1 Å². The molecule has 9 heteroatoms. The SMILES string of the molecule is CCNC(=O)CC1CN(S(=O)(=O)c2ccc3c(c2)nc(C(C)(C)C)n3CC2CCOCC2)C1. The first-order valence-corrected chi connectivity index (χ1v) is 13.4. The van der Waals surface area contributed by atoms with Crippen LogP contribution in [0.25, 0.3) is 11.0 Å². The zero-order valence-corrected chi connectivity index (χ0v) is 21.0. The van der Waals surface area contributed by atoms with Gasteiger partial charge in [0.15, 0.2) is 0 Å². The minimum atomic E-state index is -3.61. The van der Waals surface area contributed by atoms with E-state index in [1.165, 1.54) is 4.31 Å². The molecule has 33 heavy (non-hydrogen) atoms. The Morgan fingerprint density at radius 1 is 1.18 bits per heavy atom. The summed E-state index contributed by atoms with van der Waals surface area (Å²) in [4.78, 5) is 16.9. The first-order valence-electron chi connectivity index (χ1n) is 11.9. The standard InChI is InChI=1S/C24H36N4O4S/c1-5-25-22(29)12-18-14-27(15-18)33(30,31)19-6-7-21-20(13-19)26-23(24(2,3)4)28(21)16-17-8-10-32-11-9-17/h6-7,13,17-18H,5,8-12,14-16H2,1-4H3,(H,25,29). The molecule has 1 aromatic heterocycles. The van der Waals surface area contributed by atoms with E-state index in [2.05, 4.69) is 30.7 Å². The summed E-state index contributed by atoms with van der Waals surface area (Å²) in [7, 11) is -3.61. The fourth-order valence-electron chi connectivity index (χ4n) is 4.74. The van der Waals surface area contributed by atoms with E-state index < -0.39 is 10.0 Å². The van der Waals surface area contributed by atoms with Crippen molar-refractivity contribution in [1.29, 1.82) is 0 Å². The van der Waals surface area contributed by atoms with Crippen LogP contribution in [0.3, 0.4) is 0 Å². The van der Waals surface area contributed by atoms with Crippen LogP contribution >= 0.6 is 0 Å². The summed E-state index contributed by atoms with van der Waals surface area (Å²) < 4.78 is 35.6. The van der Waals surface area contributed by atoms with Crippen LogP contribution in [0.2, 0.25) is 0 Å². The molecule has 0 bridgehead atoms. The number of aromatic nitrogens is 2. The minimum Gasteiger partial charge on any atom is -0.381 e. The van der Waals surface area contributed by atoms with Crippen molar-refractivity contribution in [3.63, 3.8) is 0 Å². The van der Waals surface area contributed by atoms with Gasteiger partial charge in [-0.05, 0) is 49.8 Å². The van der Waals surface area contributed by atoms with E-state index in [-0.39, 0.29) is 22.1 Å². The molecule has 1 N–H and O–H groups in total. The number of hydrogen-bond donors (Lipinski definition) is 1. The number of sulfonamides is 1. The second-order valence-corrected chi connectivity index (χ2v) is 12.3. The number of benzene rings is 1. The Kier molecular flexibility index (Phi) is 6.85. The third-order valence-electron chi connectivity index (χ3n) is 6.58. The molecule has 8 nitrogen and oxygen atoms in total. The number of ether oxygens (including phenoxy) is 1. The molecule has 0 spiro atoms. The number of hydrogen-bond acceptors (Lipinski definition) is 5. The maximum absolute atomic E-state index is 13.2. The van der Waals surface area contributed by atoms with Gasteiger partial charge in [0, 0.05) is 51.2 Å². The van der Waals surface area contributed by atoms with Crippen LogP contribution in [0.4, 0.5) is 0 Å². The van der Waals surface area contributed by atoms with E-state index in [0.29, 0.717) is 37.5 Å². The highest BCUT2D eigenvalue weighted by molar-refractivity contribution is 7.89. The molecule has 0 unspecified atom stereocenters. The number of nitrogens with one attached hydrogen (secondary N) is 1. The van der Waals surface area contributed by atoms with Crippen LogP contribution in [0.1, 0.15) is 52.8 Å². The largest absolute Gasteiger partial charge is 0.381 e. The van der Waals surface area contributed by atoms with Crippen LogP contribution in [-0.2, 0) is 31.5 Å². The second-order valence-electron chi connectivity index (χ2n) is 10.3. The number of carbonyl (C=O) groups is 1. The summed E-state index contributed by atoms with van der Waals surface area (Å²) in [6.07, 6.45) is 2.43. The van der Waals surface area contributed by atoms with Crippen LogP contribution in [0.15, 0.2) is 23.1 Å². The summed E-state index contributed by atoms with van der Waals surface area (Å²) >= 11 is 0. The summed E-state index contributed by atoms with van der Waals surface area (Å²) in [5.41, 5.74) is 1.53.